The molecule has 1 amide bonds. The molecule has 1 aliphatic heterocycles. The number of ether oxygens (including phenoxy) is 1. The molecule has 0 bridgehead atoms. The van der Waals surface area contributed by atoms with Gasteiger partial charge in [0.05, 0.1) is 6.61 Å². The van der Waals surface area contributed by atoms with Gasteiger partial charge in [-0.15, -0.1) is 11.6 Å². The molecule has 5 atom stereocenters. The molecule has 1 unspecified atom stereocenters. The maximum absolute atomic E-state index is 12.1. The molecule has 1 saturated heterocycles. The lowest BCUT2D eigenvalue weighted by atomic mass is 9.96. The number of carbonyl (C=O) groups excluding carboxylic acids is 1. The summed E-state index contributed by atoms with van der Waals surface area (Å²) >= 11 is 5.66. The van der Waals surface area contributed by atoms with Gasteiger partial charge in [0.2, 0.25) is 0 Å². The van der Waals surface area contributed by atoms with Crippen molar-refractivity contribution in [1.29, 1.82) is 0 Å². The second-order valence-electron chi connectivity index (χ2n) is 5.06. The Balaban J connectivity index is 2.06. The SMILES string of the molecule is O=C(N[C@H]1C(O)O[C@H](CO)[C@@H](O)[C@@H]1O)c1ccc(CCl)cc1. The Morgan fingerprint density at radius 1 is 1.18 bits per heavy atom. The lowest BCUT2D eigenvalue weighted by molar-refractivity contribution is -0.252. The predicted octanol–water partition coefficient (Wildman–Crippen LogP) is -1.04. The summed E-state index contributed by atoms with van der Waals surface area (Å²) in [6.45, 7) is -0.560. The van der Waals surface area contributed by atoms with Gasteiger partial charge in [-0.3, -0.25) is 4.79 Å². The summed E-state index contributed by atoms with van der Waals surface area (Å²) in [5, 5.41) is 40.9. The molecule has 0 saturated carbocycles. The van der Waals surface area contributed by atoms with E-state index in [1.165, 1.54) is 0 Å². The number of aliphatic hydroxyl groups is 4. The highest BCUT2D eigenvalue weighted by Crippen LogP contribution is 2.20. The quantitative estimate of drug-likeness (QED) is 0.449. The van der Waals surface area contributed by atoms with E-state index in [2.05, 4.69) is 5.32 Å². The molecular weight excluding hydrogens is 314 g/mol. The van der Waals surface area contributed by atoms with E-state index in [0.717, 1.165) is 5.56 Å². The van der Waals surface area contributed by atoms with Crippen molar-refractivity contribution in [1.82, 2.24) is 5.32 Å². The molecule has 5 N–H and O–H groups in total. The smallest absolute Gasteiger partial charge is 0.251 e. The van der Waals surface area contributed by atoms with Crippen LogP contribution in [0.3, 0.4) is 0 Å². The van der Waals surface area contributed by atoms with Crippen LogP contribution < -0.4 is 5.32 Å². The average Bonchev–Trinajstić information content (AvgIpc) is 2.54. The van der Waals surface area contributed by atoms with Gasteiger partial charge in [0.15, 0.2) is 6.29 Å². The minimum Gasteiger partial charge on any atom is -0.394 e. The summed E-state index contributed by atoms with van der Waals surface area (Å²) < 4.78 is 4.97. The Bertz CT molecular complexity index is 511. The summed E-state index contributed by atoms with van der Waals surface area (Å²) in [5.74, 6) is -0.215. The number of alkyl halides is 1. The topological polar surface area (TPSA) is 119 Å². The van der Waals surface area contributed by atoms with Crippen LogP contribution in [0.4, 0.5) is 0 Å². The molecule has 8 heteroatoms. The number of benzene rings is 1. The second kappa shape index (κ2) is 7.36. The first kappa shape index (κ1) is 17.1. The van der Waals surface area contributed by atoms with Crippen molar-refractivity contribution < 1.29 is 30.0 Å². The fourth-order valence-corrected chi connectivity index (χ4v) is 2.41. The van der Waals surface area contributed by atoms with Gasteiger partial charge in [0.1, 0.15) is 24.4 Å². The molecule has 1 fully saturated rings. The molecule has 22 heavy (non-hydrogen) atoms. The lowest BCUT2D eigenvalue weighted by Crippen LogP contribution is -2.64. The fraction of sp³-hybridized carbons (Fsp3) is 0.500. The van der Waals surface area contributed by atoms with Crippen LogP contribution >= 0.6 is 11.6 Å². The van der Waals surface area contributed by atoms with E-state index in [9.17, 15) is 20.1 Å². The van der Waals surface area contributed by atoms with Gasteiger partial charge in [0, 0.05) is 11.4 Å². The molecule has 0 aliphatic carbocycles. The van der Waals surface area contributed by atoms with Crippen molar-refractivity contribution in [2.75, 3.05) is 6.61 Å². The number of carbonyl (C=O) groups is 1. The van der Waals surface area contributed by atoms with E-state index in [-0.39, 0.29) is 0 Å². The molecule has 122 valence electrons. The van der Waals surface area contributed by atoms with Crippen LogP contribution in [-0.2, 0) is 10.6 Å². The Kier molecular flexibility index (Phi) is 5.74. The Morgan fingerprint density at radius 3 is 2.36 bits per heavy atom. The van der Waals surface area contributed by atoms with Crippen LogP contribution in [0.2, 0.25) is 0 Å². The molecule has 0 spiro atoms. The highest BCUT2D eigenvalue weighted by Gasteiger charge is 2.44. The molecule has 7 nitrogen and oxygen atoms in total. The largest absolute Gasteiger partial charge is 0.394 e. The first-order chi connectivity index (χ1) is 10.5. The van der Waals surface area contributed by atoms with Gasteiger partial charge in [-0.05, 0) is 17.7 Å². The van der Waals surface area contributed by atoms with E-state index in [1.54, 1.807) is 24.3 Å². The van der Waals surface area contributed by atoms with E-state index >= 15 is 0 Å². The molecule has 0 radical (unpaired) electrons. The van der Waals surface area contributed by atoms with E-state index < -0.39 is 43.2 Å². The van der Waals surface area contributed by atoms with Gasteiger partial charge in [-0.25, -0.2) is 0 Å². The third kappa shape index (κ3) is 3.57. The summed E-state index contributed by atoms with van der Waals surface area (Å²) in [7, 11) is 0. The standard InChI is InChI=1S/C14H18ClNO6/c15-5-7-1-3-8(4-2-7)13(20)16-10-12(19)11(18)9(6-17)22-14(10)21/h1-4,9-12,14,17-19,21H,5-6H2,(H,16,20)/t9-,10-,11-,12-,14?/m1/s1. The van der Waals surface area contributed by atoms with Crippen molar-refractivity contribution in [3.8, 4) is 0 Å². The van der Waals surface area contributed by atoms with Crippen molar-refractivity contribution >= 4 is 17.5 Å². The lowest BCUT2D eigenvalue weighted by Gasteiger charge is -2.40. The van der Waals surface area contributed by atoms with Gasteiger partial charge >= 0.3 is 0 Å². The van der Waals surface area contributed by atoms with Gasteiger partial charge in [0.25, 0.3) is 5.91 Å². The fourth-order valence-electron chi connectivity index (χ4n) is 2.23. The third-order valence-corrected chi connectivity index (χ3v) is 3.88. The summed E-state index contributed by atoms with van der Waals surface area (Å²) in [6, 6.07) is 5.27. The maximum atomic E-state index is 12.1. The third-order valence-electron chi connectivity index (χ3n) is 3.57. The second-order valence-corrected chi connectivity index (χ2v) is 5.33. The Hall–Kier alpha value is -1.22. The van der Waals surface area contributed by atoms with Crippen molar-refractivity contribution in [3.63, 3.8) is 0 Å². The molecule has 2 rings (SSSR count). The number of halogens is 1. The van der Waals surface area contributed by atoms with E-state index in [1.807, 2.05) is 0 Å². The van der Waals surface area contributed by atoms with Gasteiger partial charge in [-0.1, -0.05) is 12.1 Å². The first-order valence-corrected chi connectivity index (χ1v) is 7.27. The number of amides is 1. The number of rotatable bonds is 4. The van der Waals surface area contributed by atoms with E-state index in [4.69, 9.17) is 21.4 Å². The molecular formula is C14H18ClNO6. The van der Waals surface area contributed by atoms with E-state index in [0.29, 0.717) is 11.4 Å². The summed E-state index contributed by atoms with van der Waals surface area (Å²) in [5.41, 5.74) is 1.16. The minimum absolute atomic E-state index is 0.312. The van der Waals surface area contributed by atoms with Crippen LogP contribution in [0, 0.1) is 0 Å². The monoisotopic (exact) mass is 331 g/mol. The summed E-state index contributed by atoms with van der Waals surface area (Å²) in [4.78, 5) is 12.1. The number of aliphatic hydroxyl groups excluding tert-OH is 4. The minimum atomic E-state index is -1.54. The van der Waals surface area contributed by atoms with Crippen LogP contribution in [-0.4, -0.2) is 63.6 Å². The zero-order chi connectivity index (χ0) is 16.3. The Morgan fingerprint density at radius 2 is 1.82 bits per heavy atom. The molecule has 1 aromatic carbocycles. The van der Waals surface area contributed by atoms with Crippen molar-refractivity contribution in [2.45, 2.75) is 36.5 Å². The predicted molar refractivity (Wildman–Crippen MR) is 77.2 cm³/mol. The van der Waals surface area contributed by atoms with Crippen LogP contribution in [0.25, 0.3) is 0 Å². The molecule has 0 aromatic heterocycles. The van der Waals surface area contributed by atoms with Crippen LogP contribution in [0.1, 0.15) is 15.9 Å². The normalized spacial score (nSPS) is 31.8. The van der Waals surface area contributed by atoms with Crippen molar-refractivity contribution in [3.05, 3.63) is 35.4 Å². The molecule has 1 heterocycles. The van der Waals surface area contributed by atoms with Gasteiger partial charge < -0.3 is 30.5 Å². The highest BCUT2D eigenvalue weighted by atomic mass is 35.5. The van der Waals surface area contributed by atoms with Crippen LogP contribution in [0.15, 0.2) is 24.3 Å². The zero-order valence-electron chi connectivity index (χ0n) is 11.6. The molecule has 1 aromatic rings. The van der Waals surface area contributed by atoms with Crippen molar-refractivity contribution in [2.24, 2.45) is 0 Å². The molecule has 1 aliphatic rings. The highest BCUT2D eigenvalue weighted by molar-refractivity contribution is 6.17. The number of nitrogens with one attached hydrogen (secondary N) is 1. The zero-order valence-corrected chi connectivity index (χ0v) is 12.3. The average molecular weight is 332 g/mol. The maximum Gasteiger partial charge on any atom is 0.251 e. The van der Waals surface area contributed by atoms with Crippen LogP contribution in [0.5, 0.6) is 0 Å². The van der Waals surface area contributed by atoms with Gasteiger partial charge in [-0.2, -0.15) is 0 Å². The summed E-state index contributed by atoms with van der Waals surface area (Å²) in [6.07, 6.45) is -5.54. The number of hydrogen-bond donors (Lipinski definition) is 5. The first-order valence-electron chi connectivity index (χ1n) is 6.74. The number of hydrogen-bond acceptors (Lipinski definition) is 6. The Labute approximate surface area is 132 Å².